The number of hydrogen-bond donors (Lipinski definition) is 1. The van der Waals surface area contributed by atoms with E-state index < -0.39 is 17.6 Å². The number of carbonyl (C=O) groups excluding carboxylic acids is 2. The van der Waals surface area contributed by atoms with Gasteiger partial charge in [-0.15, -0.1) is 0 Å². The molecule has 0 aromatic heterocycles. The zero-order valence-electron chi connectivity index (χ0n) is 21.1. The van der Waals surface area contributed by atoms with Gasteiger partial charge in [0.2, 0.25) is 0 Å². The number of amides is 2. The van der Waals surface area contributed by atoms with Crippen LogP contribution in [0, 0.1) is 5.82 Å². The van der Waals surface area contributed by atoms with Gasteiger partial charge in [0, 0.05) is 23.4 Å². The van der Waals surface area contributed by atoms with E-state index in [0.717, 1.165) is 29.8 Å². The Morgan fingerprint density at radius 2 is 1.83 bits per heavy atom. The zero-order valence-corrected chi connectivity index (χ0v) is 22.0. The fraction of sp³-hybridized carbons (Fsp3) is 0.321. The molecule has 2 heterocycles. The predicted molar refractivity (Wildman–Crippen MR) is 146 cm³/mol. The Balaban J connectivity index is 1.74. The van der Waals surface area contributed by atoms with E-state index in [1.165, 1.54) is 17.0 Å². The molecule has 0 bridgehead atoms. The van der Waals surface area contributed by atoms with E-state index in [1.807, 2.05) is 13.8 Å². The number of thiocarbonyl (C=S) groups is 1. The lowest BCUT2D eigenvalue weighted by Crippen LogP contribution is -2.54. The number of nitrogens with zero attached hydrogens (tertiary/aromatic N) is 2. The molecule has 6 nitrogen and oxygen atoms in total. The van der Waals surface area contributed by atoms with E-state index in [9.17, 15) is 9.59 Å². The van der Waals surface area contributed by atoms with Crippen molar-refractivity contribution in [3.63, 3.8) is 0 Å². The molecule has 0 saturated carbocycles. The van der Waals surface area contributed by atoms with Gasteiger partial charge in [0.1, 0.15) is 17.1 Å². The van der Waals surface area contributed by atoms with Crippen LogP contribution >= 0.6 is 12.2 Å². The second-order valence-corrected chi connectivity index (χ2v) is 9.79. The summed E-state index contributed by atoms with van der Waals surface area (Å²) in [7, 11) is 0. The zero-order chi connectivity index (χ0) is 26.2. The summed E-state index contributed by atoms with van der Waals surface area (Å²) in [6, 6.07) is 10.0. The fourth-order valence-electron chi connectivity index (χ4n) is 4.76. The molecule has 2 aliphatic rings. The number of halogens is 1. The van der Waals surface area contributed by atoms with Crippen molar-refractivity contribution in [2.75, 3.05) is 23.0 Å². The van der Waals surface area contributed by atoms with E-state index in [-0.39, 0.29) is 21.8 Å². The Kier molecular flexibility index (Phi) is 7.00. The molecule has 1 saturated heterocycles. The molecule has 36 heavy (non-hydrogen) atoms. The van der Waals surface area contributed by atoms with Crippen molar-refractivity contribution in [2.45, 2.75) is 46.6 Å². The van der Waals surface area contributed by atoms with Crippen molar-refractivity contribution < 1.29 is 18.7 Å². The van der Waals surface area contributed by atoms with Crippen LogP contribution in [-0.4, -0.2) is 35.6 Å². The lowest BCUT2D eigenvalue weighted by Gasteiger charge is -2.43. The Bertz CT molecular complexity index is 1300. The third-order valence-electron chi connectivity index (χ3n) is 6.35. The van der Waals surface area contributed by atoms with Gasteiger partial charge >= 0.3 is 0 Å². The monoisotopic (exact) mass is 507 g/mol. The number of ether oxygens (including phenoxy) is 1. The van der Waals surface area contributed by atoms with Gasteiger partial charge in [-0.1, -0.05) is 13.0 Å². The lowest BCUT2D eigenvalue weighted by atomic mass is 9.87. The number of nitrogens with one attached hydrogen (secondary N) is 1. The maximum absolute atomic E-state index is 15.4. The largest absolute Gasteiger partial charge is 0.494 e. The van der Waals surface area contributed by atoms with Crippen molar-refractivity contribution in [1.29, 1.82) is 0 Å². The summed E-state index contributed by atoms with van der Waals surface area (Å²) < 4.78 is 20.9. The number of fused-ring (bicyclic) bond motifs is 1. The molecule has 1 N–H and O–H groups in total. The second kappa shape index (κ2) is 9.85. The highest BCUT2D eigenvalue weighted by atomic mass is 32.1. The number of anilines is 2. The molecule has 0 radical (unpaired) electrons. The third kappa shape index (κ3) is 4.65. The molecule has 2 aliphatic heterocycles. The average Bonchev–Trinajstić information content (AvgIpc) is 2.81. The Morgan fingerprint density at radius 1 is 1.14 bits per heavy atom. The van der Waals surface area contributed by atoms with Gasteiger partial charge in [-0.05, 0) is 94.4 Å². The number of benzene rings is 2. The third-order valence-corrected chi connectivity index (χ3v) is 6.64. The SMILES string of the molecule is CCCN1c2cc(F)c(/C=C3/C(=O)NC(=S)N(c4ccc(OCC)cc4)C3=O)cc2C(C)=CC1(C)C. The van der Waals surface area contributed by atoms with Crippen LogP contribution in [0.4, 0.5) is 15.8 Å². The van der Waals surface area contributed by atoms with Gasteiger partial charge in [0.25, 0.3) is 11.8 Å². The number of hydrogen-bond acceptors (Lipinski definition) is 5. The molecule has 8 heteroatoms. The molecular weight excluding hydrogens is 477 g/mol. The summed E-state index contributed by atoms with van der Waals surface area (Å²) in [4.78, 5) is 29.5. The quantitative estimate of drug-likeness (QED) is 0.319. The molecule has 188 valence electrons. The molecular formula is C28H30FN3O3S. The van der Waals surface area contributed by atoms with Crippen LogP contribution in [0.5, 0.6) is 5.75 Å². The summed E-state index contributed by atoms with van der Waals surface area (Å²) in [6.45, 7) is 11.5. The molecule has 0 aliphatic carbocycles. The van der Waals surface area contributed by atoms with Crippen molar-refractivity contribution in [3.8, 4) is 5.75 Å². The maximum atomic E-state index is 15.4. The molecule has 1 fully saturated rings. The Labute approximate surface area is 216 Å². The van der Waals surface area contributed by atoms with Gasteiger partial charge in [-0.25, -0.2) is 4.39 Å². The topological polar surface area (TPSA) is 61.9 Å². The van der Waals surface area contributed by atoms with Crippen molar-refractivity contribution >= 4 is 52.2 Å². The molecule has 2 aromatic rings. The molecule has 2 aromatic carbocycles. The van der Waals surface area contributed by atoms with E-state index in [0.29, 0.717) is 18.0 Å². The molecule has 0 unspecified atom stereocenters. The van der Waals surface area contributed by atoms with Gasteiger partial charge in [-0.2, -0.15) is 0 Å². The Hall–Kier alpha value is -3.52. The minimum Gasteiger partial charge on any atom is -0.494 e. The van der Waals surface area contributed by atoms with Gasteiger partial charge < -0.3 is 9.64 Å². The minimum atomic E-state index is -0.662. The van der Waals surface area contributed by atoms with Crippen LogP contribution in [0.2, 0.25) is 0 Å². The van der Waals surface area contributed by atoms with Crippen molar-refractivity contribution in [1.82, 2.24) is 5.32 Å². The second-order valence-electron chi connectivity index (χ2n) is 9.41. The first-order chi connectivity index (χ1) is 17.1. The normalized spacial score (nSPS) is 18.2. The first-order valence-electron chi connectivity index (χ1n) is 12.0. The summed E-state index contributed by atoms with van der Waals surface area (Å²) in [5.74, 6) is -1.14. The first-order valence-corrected chi connectivity index (χ1v) is 12.4. The number of allylic oxidation sites excluding steroid dienone is 1. The van der Waals surface area contributed by atoms with Crippen LogP contribution in [0.1, 0.15) is 52.2 Å². The van der Waals surface area contributed by atoms with Crippen LogP contribution in [0.3, 0.4) is 0 Å². The molecule has 4 rings (SSSR count). The van der Waals surface area contributed by atoms with Crippen LogP contribution in [0.15, 0.2) is 48.0 Å². The number of rotatable bonds is 6. The fourth-order valence-corrected chi connectivity index (χ4v) is 5.04. The highest BCUT2D eigenvalue weighted by Gasteiger charge is 2.35. The number of carbonyl (C=O) groups is 2. The van der Waals surface area contributed by atoms with E-state index in [1.54, 1.807) is 30.3 Å². The first kappa shape index (κ1) is 25.6. The van der Waals surface area contributed by atoms with E-state index in [4.69, 9.17) is 17.0 Å². The average molecular weight is 508 g/mol. The van der Waals surface area contributed by atoms with Gasteiger partial charge in [0.05, 0.1) is 17.8 Å². The predicted octanol–water partition coefficient (Wildman–Crippen LogP) is 5.47. The smallest absolute Gasteiger partial charge is 0.270 e. The van der Waals surface area contributed by atoms with E-state index in [2.05, 4.69) is 37.1 Å². The van der Waals surface area contributed by atoms with Gasteiger partial charge in [-0.3, -0.25) is 19.8 Å². The van der Waals surface area contributed by atoms with Gasteiger partial charge in [0.15, 0.2) is 5.11 Å². The summed E-state index contributed by atoms with van der Waals surface area (Å²) >= 11 is 5.27. The summed E-state index contributed by atoms with van der Waals surface area (Å²) in [5.41, 5.74) is 2.87. The molecule has 0 atom stereocenters. The van der Waals surface area contributed by atoms with Crippen LogP contribution < -0.4 is 19.9 Å². The highest BCUT2D eigenvalue weighted by Crippen LogP contribution is 2.40. The van der Waals surface area contributed by atoms with Crippen LogP contribution in [0.25, 0.3) is 11.6 Å². The van der Waals surface area contributed by atoms with Crippen LogP contribution in [-0.2, 0) is 9.59 Å². The van der Waals surface area contributed by atoms with Crippen molar-refractivity contribution in [3.05, 3.63) is 65.0 Å². The molecule has 0 spiro atoms. The summed E-state index contributed by atoms with van der Waals surface area (Å²) in [6.07, 6.45) is 4.37. The standard InChI is InChI=1S/C28H30FN3O3S/c1-6-12-31-24-15-23(29)18(13-21(24)17(3)16-28(31,4)5)14-22-25(33)30-27(36)32(26(22)34)19-8-10-20(11-9-19)35-7-2/h8-11,13-16H,6-7,12H2,1-5H3,(H,30,33,36)/b22-14-. The Morgan fingerprint density at radius 3 is 2.47 bits per heavy atom. The minimum absolute atomic E-state index is 0.0339. The van der Waals surface area contributed by atoms with E-state index >= 15 is 4.39 Å². The summed E-state index contributed by atoms with van der Waals surface area (Å²) in [5, 5.41) is 2.52. The molecule has 2 amide bonds. The van der Waals surface area contributed by atoms with Crippen molar-refractivity contribution in [2.24, 2.45) is 0 Å². The lowest BCUT2D eigenvalue weighted by molar-refractivity contribution is -0.122. The highest BCUT2D eigenvalue weighted by molar-refractivity contribution is 7.80. The maximum Gasteiger partial charge on any atom is 0.270 e.